The predicted octanol–water partition coefficient (Wildman–Crippen LogP) is 1.55. The summed E-state index contributed by atoms with van der Waals surface area (Å²) in [4.78, 5) is 19.3. The molecule has 0 atom stereocenters. The number of hydrogen-bond donors (Lipinski definition) is 2. The van der Waals surface area contributed by atoms with Gasteiger partial charge in [0.25, 0.3) is 0 Å². The van der Waals surface area contributed by atoms with Crippen LogP contribution in [0.25, 0.3) is 0 Å². The quantitative estimate of drug-likeness (QED) is 0.746. The van der Waals surface area contributed by atoms with Crippen LogP contribution >= 0.6 is 0 Å². The molecule has 1 heterocycles. The monoisotopic (exact) mass is 252 g/mol. The highest BCUT2D eigenvalue weighted by molar-refractivity contribution is 5.70. The molecule has 0 fully saturated rings. The normalized spacial score (nSPS) is 10.4. The Morgan fingerprint density at radius 1 is 1.50 bits per heavy atom. The molecule has 0 bridgehead atoms. The standard InChI is InChI=1S/C12H20N4O2/c1-4-18-9(17)5-6-14-12-10(8(2)3)11(13)15-7-16-12/h7-8H,4-6H2,1-3H3,(H3,13,14,15,16). The van der Waals surface area contributed by atoms with Gasteiger partial charge in [0, 0.05) is 12.1 Å². The highest BCUT2D eigenvalue weighted by atomic mass is 16.5. The van der Waals surface area contributed by atoms with Gasteiger partial charge in [-0.3, -0.25) is 4.79 Å². The van der Waals surface area contributed by atoms with Crippen molar-refractivity contribution in [1.29, 1.82) is 0 Å². The Morgan fingerprint density at radius 3 is 2.83 bits per heavy atom. The summed E-state index contributed by atoms with van der Waals surface area (Å²) >= 11 is 0. The second kappa shape index (κ2) is 6.78. The Hall–Kier alpha value is -1.85. The van der Waals surface area contributed by atoms with Crippen molar-refractivity contribution in [2.75, 3.05) is 24.2 Å². The number of nitrogens with two attached hydrogens (primary N) is 1. The maximum absolute atomic E-state index is 11.2. The SMILES string of the molecule is CCOC(=O)CCNc1ncnc(N)c1C(C)C. The van der Waals surface area contributed by atoms with Crippen molar-refractivity contribution in [2.45, 2.75) is 33.1 Å². The molecule has 0 saturated carbocycles. The number of nitrogens with one attached hydrogen (secondary N) is 1. The number of carbonyl (C=O) groups excluding carboxylic acids is 1. The van der Waals surface area contributed by atoms with Crippen molar-refractivity contribution in [3.05, 3.63) is 11.9 Å². The van der Waals surface area contributed by atoms with E-state index >= 15 is 0 Å². The van der Waals surface area contributed by atoms with Crippen molar-refractivity contribution >= 4 is 17.6 Å². The number of anilines is 2. The topological polar surface area (TPSA) is 90.1 Å². The fourth-order valence-electron chi connectivity index (χ4n) is 1.64. The minimum absolute atomic E-state index is 0.219. The van der Waals surface area contributed by atoms with Crippen molar-refractivity contribution in [2.24, 2.45) is 0 Å². The number of nitrogens with zero attached hydrogens (tertiary/aromatic N) is 2. The third-order valence-electron chi connectivity index (χ3n) is 2.42. The van der Waals surface area contributed by atoms with Gasteiger partial charge in [0.2, 0.25) is 0 Å². The minimum atomic E-state index is -0.224. The van der Waals surface area contributed by atoms with Crippen molar-refractivity contribution in [3.63, 3.8) is 0 Å². The molecule has 1 rings (SSSR count). The number of esters is 1. The molecule has 0 aliphatic rings. The smallest absolute Gasteiger partial charge is 0.307 e. The van der Waals surface area contributed by atoms with Gasteiger partial charge in [-0.15, -0.1) is 0 Å². The van der Waals surface area contributed by atoms with E-state index in [0.717, 1.165) is 5.56 Å². The van der Waals surface area contributed by atoms with E-state index in [2.05, 4.69) is 15.3 Å². The fraction of sp³-hybridized carbons (Fsp3) is 0.583. The largest absolute Gasteiger partial charge is 0.466 e. The van der Waals surface area contributed by atoms with Gasteiger partial charge in [-0.05, 0) is 12.8 Å². The molecule has 0 radical (unpaired) electrons. The fourth-order valence-corrected chi connectivity index (χ4v) is 1.64. The van der Waals surface area contributed by atoms with E-state index in [1.54, 1.807) is 6.92 Å². The molecule has 0 aromatic carbocycles. The van der Waals surface area contributed by atoms with Crippen LogP contribution in [0.4, 0.5) is 11.6 Å². The third-order valence-corrected chi connectivity index (χ3v) is 2.42. The Morgan fingerprint density at radius 2 is 2.22 bits per heavy atom. The van der Waals surface area contributed by atoms with E-state index in [1.807, 2.05) is 13.8 Å². The molecule has 6 nitrogen and oxygen atoms in total. The Balaban J connectivity index is 2.62. The minimum Gasteiger partial charge on any atom is -0.466 e. The maximum Gasteiger partial charge on any atom is 0.307 e. The van der Waals surface area contributed by atoms with E-state index in [0.29, 0.717) is 31.2 Å². The lowest BCUT2D eigenvalue weighted by atomic mass is 10.0. The van der Waals surface area contributed by atoms with Gasteiger partial charge >= 0.3 is 5.97 Å². The van der Waals surface area contributed by atoms with Gasteiger partial charge in [-0.1, -0.05) is 13.8 Å². The molecule has 3 N–H and O–H groups in total. The van der Waals surface area contributed by atoms with Crippen LogP contribution in [-0.2, 0) is 9.53 Å². The van der Waals surface area contributed by atoms with E-state index in [4.69, 9.17) is 10.5 Å². The molecule has 0 saturated heterocycles. The molecule has 1 aromatic heterocycles. The van der Waals surface area contributed by atoms with Crippen LogP contribution in [0.5, 0.6) is 0 Å². The molecule has 0 unspecified atom stereocenters. The van der Waals surface area contributed by atoms with Crippen LogP contribution in [0.15, 0.2) is 6.33 Å². The first-order valence-electron chi connectivity index (χ1n) is 6.06. The number of nitrogen functional groups attached to an aromatic ring is 1. The first-order valence-corrected chi connectivity index (χ1v) is 6.06. The number of aromatic nitrogens is 2. The molecule has 0 aliphatic heterocycles. The molecule has 0 spiro atoms. The number of hydrogen-bond acceptors (Lipinski definition) is 6. The maximum atomic E-state index is 11.2. The molecular formula is C12H20N4O2. The molecule has 0 amide bonds. The van der Waals surface area contributed by atoms with Crippen LogP contribution in [0.1, 0.15) is 38.7 Å². The zero-order chi connectivity index (χ0) is 13.5. The van der Waals surface area contributed by atoms with Crippen LogP contribution in [0.3, 0.4) is 0 Å². The Kier molecular flexibility index (Phi) is 5.35. The summed E-state index contributed by atoms with van der Waals surface area (Å²) in [6.45, 7) is 6.69. The number of ether oxygens (including phenoxy) is 1. The first kappa shape index (κ1) is 14.2. The summed E-state index contributed by atoms with van der Waals surface area (Å²) in [6, 6.07) is 0. The summed E-state index contributed by atoms with van der Waals surface area (Å²) in [5, 5.41) is 3.09. The lowest BCUT2D eigenvalue weighted by Gasteiger charge is -2.14. The summed E-state index contributed by atoms with van der Waals surface area (Å²) in [6.07, 6.45) is 1.71. The van der Waals surface area contributed by atoms with Crippen LogP contribution < -0.4 is 11.1 Å². The molecule has 1 aromatic rings. The van der Waals surface area contributed by atoms with Gasteiger partial charge < -0.3 is 15.8 Å². The van der Waals surface area contributed by atoms with Crippen molar-refractivity contribution in [1.82, 2.24) is 9.97 Å². The molecule has 0 aliphatic carbocycles. The predicted molar refractivity (Wildman–Crippen MR) is 70.3 cm³/mol. The molecule has 18 heavy (non-hydrogen) atoms. The summed E-state index contributed by atoms with van der Waals surface area (Å²) in [7, 11) is 0. The van der Waals surface area contributed by atoms with E-state index in [1.165, 1.54) is 6.33 Å². The number of carbonyl (C=O) groups is 1. The van der Waals surface area contributed by atoms with E-state index < -0.39 is 0 Å². The highest BCUT2D eigenvalue weighted by Crippen LogP contribution is 2.25. The van der Waals surface area contributed by atoms with Gasteiger partial charge in [0.05, 0.1) is 13.0 Å². The Bertz CT molecular complexity index is 407. The number of rotatable bonds is 6. The van der Waals surface area contributed by atoms with Crippen molar-refractivity contribution in [3.8, 4) is 0 Å². The molecular weight excluding hydrogens is 232 g/mol. The molecule has 6 heteroatoms. The van der Waals surface area contributed by atoms with Crippen molar-refractivity contribution < 1.29 is 9.53 Å². The lowest BCUT2D eigenvalue weighted by Crippen LogP contribution is -2.14. The zero-order valence-electron chi connectivity index (χ0n) is 11.1. The van der Waals surface area contributed by atoms with E-state index in [9.17, 15) is 4.79 Å². The van der Waals surface area contributed by atoms with Crippen LogP contribution in [0, 0.1) is 0 Å². The lowest BCUT2D eigenvalue weighted by molar-refractivity contribution is -0.142. The van der Waals surface area contributed by atoms with Gasteiger partial charge in [-0.2, -0.15) is 0 Å². The summed E-state index contributed by atoms with van der Waals surface area (Å²) in [5.74, 6) is 1.15. The average Bonchev–Trinajstić information content (AvgIpc) is 2.28. The van der Waals surface area contributed by atoms with Gasteiger partial charge in [-0.25, -0.2) is 9.97 Å². The average molecular weight is 252 g/mol. The Labute approximate surface area is 107 Å². The first-order chi connectivity index (χ1) is 8.56. The summed E-state index contributed by atoms with van der Waals surface area (Å²) in [5.41, 5.74) is 6.70. The highest BCUT2D eigenvalue weighted by Gasteiger charge is 2.12. The second-order valence-electron chi connectivity index (χ2n) is 4.16. The van der Waals surface area contributed by atoms with Crippen LogP contribution in [-0.4, -0.2) is 29.1 Å². The van der Waals surface area contributed by atoms with Gasteiger partial charge in [0.15, 0.2) is 0 Å². The van der Waals surface area contributed by atoms with E-state index in [-0.39, 0.29) is 11.9 Å². The summed E-state index contributed by atoms with van der Waals surface area (Å²) < 4.78 is 4.84. The third kappa shape index (κ3) is 3.87. The van der Waals surface area contributed by atoms with Crippen LogP contribution in [0.2, 0.25) is 0 Å². The zero-order valence-corrected chi connectivity index (χ0v) is 11.1. The molecule has 100 valence electrons. The second-order valence-corrected chi connectivity index (χ2v) is 4.16. The van der Waals surface area contributed by atoms with Gasteiger partial charge in [0.1, 0.15) is 18.0 Å².